The van der Waals surface area contributed by atoms with Crippen LogP contribution < -0.4 is 9.47 Å². The van der Waals surface area contributed by atoms with Gasteiger partial charge in [-0.2, -0.15) is 0 Å². The standard InChI is InChI=1S/C22H14N2O3/c23-14-25-19-9-5-17(6-10-19)22(18-7-11-20(12-8-18)26-15-24)21-4-2-1-3-16(21)13-27-22/h1-12H,13H2. The Morgan fingerprint density at radius 1 is 0.741 bits per heavy atom. The lowest BCUT2D eigenvalue weighted by Crippen LogP contribution is -2.28. The number of nitrogens with zero attached hydrogens (tertiary/aromatic N) is 2. The van der Waals surface area contributed by atoms with Crippen molar-refractivity contribution in [2.45, 2.75) is 12.2 Å². The number of rotatable bonds is 4. The summed E-state index contributed by atoms with van der Waals surface area (Å²) in [5.74, 6) is 0.945. The molecule has 0 fully saturated rings. The largest absolute Gasteiger partial charge is 0.388 e. The summed E-state index contributed by atoms with van der Waals surface area (Å²) in [5.41, 5.74) is 3.24. The molecule has 0 bridgehead atoms. The third kappa shape index (κ3) is 2.77. The molecule has 0 unspecified atom stereocenters. The highest BCUT2D eigenvalue weighted by molar-refractivity contribution is 5.54. The van der Waals surface area contributed by atoms with E-state index in [0.29, 0.717) is 18.1 Å². The first-order valence-electron chi connectivity index (χ1n) is 8.33. The van der Waals surface area contributed by atoms with Gasteiger partial charge < -0.3 is 14.2 Å². The zero-order valence-corrected chi connectivity index (χ0v) is 14.3. The van der Waals surface area contributed by atoms with Crippen LogP contribution in [-0.4, -0.2) is 0 Å². The second-order valence-corrected chi connectivity index (χ2v) is 6.06. The first kappa shape index (κ1) is 16.7. The topological polar surface area (TPSA) is 75.3 Å². The van der Waals surface area contributed by atoms with Crippen LogP contribution in [0.5, 0.6) is 11.5 Å². The van der Waals surface area contributed by atoms with Crippen molar-refractivity contribution in [1.29, 1.82) is 10.5 Å². The van der Waals surface area contributed by atoms with Gasteiger partial charge in [0.05, 0.1) is 6.61 Å². The van der Waals surface area contributed by atoms with Crippen LogP contribution in [0, 0.1) is 23.0 Å². The van der Waals surface area contributed by atoms with Crippen LogP contribution in [0.25, 0.3) is 0 Å². The lowest BCUT2D eigenvalue weighted by molar-refractivity contribution is 0.0267. The number of hydrogen-bond donors (Lipinski definition) is 0. The van der Waals surface area contributed by atoms with Gasteiger partial charge in [0, 0.05) is 0 Å². The zero-order valence-electron chi connectivity index (χ0n) is 14.3. The van der Waals surface area contributed by atoms with Crippen molar-refractivity contribution >= 4 is 0 Å². The average Bonchev–Trinajstić information content (AvgIpc) is 3.10. The smallest absolute Gasteiger partial charge is 0.292 e. The van der Waals surface area contributed by atoms with Crippen molar-refractivity contribution in [2.24, 2.45) is 0 Å². The monoisotopic (exact) mass is 354 g/mol. The Balaban J connectivity index is 1.87. The molecule has 130 valence electrons. The van der Waals surface area contributed by atoms with Crippen molar-refractivity contribution in [2.75, 3.05) is 0 Å². The first-order chi connectivity index (χ1) is 13.3. The van der Waals surface area contributed by atoms with Crippen LogP contribution in [-0.2, 0) is 16.9 Å². The van der Waals surface area contributed by atoms with Crippen LogP contribution in [0.2, 0.25) is 0 Å². The summed E-state index contributed by atoms with van der Waals surface area (Å²) in [6, 6.07) is 22.7. The zero-order chi connectivity index (χ0) is 18.7. The Morgan fingerprint density at radius 3 is 1.78 bits per heavy atom. The molecule has 1 heterocycles. The third-order valence-corrected chi connectivity index (χ3v) is 4.69. The molecule has 0 radical (unpaired) electrons. The quantitative estimate of drug-likeness (QED) is 0.656. The van der Waals surface area contributed by atoms with Crippen LogP contribution >= 0.6 is 0 Å². The lowest BCUT2D eigenvalue weighted by atomic mass is 9.80. The lowest BCUT2D eigenvalue weighted by Gasteiger charge is -2.31. The van der Waals surface area contributed by atoms with Crippen molar-refractivity contribution in [3.05, 3.63) is 95.1 Å². The van der Waals surface area contributed by atoms with Gasteiger partial charge in [-0.1, -0.05) is 48.5 Å². The molecule has 0 aromatic heterocycles. The molecule has 0 saturated carbocycles. The van der Waals surface area contributed by atoms with Crippen molar-refractivity contribution in [3.63, 3.8) is 0 Å². The molecule has 0 aliphatic carbocycles. The van der Waals surface area contributed by atoms with Gasteiger partial charge in [0.15, 0.2) is 0 Å². The number of fused-ring (bicyclic) bond motifs is 1. The van der Waals surface area contributed by atoms with E-state index in [4.69, 9.17) is 24.7 Å². The van der Waals surface area contributed by atoms with Gasteiger partial charge in [-0.05, 0) is 46.5 Å². The van der Waals surface area contributed by atoms with Gasteiger partial charge in [-0.3, -0.25) is 0 Å². The molecule has 0 amide bonds. The molecular formula is C22H14N2O3. The normalized spacial score (nSPS) is 13.9. The van der Waals surface area contributed by atoms with E-state index >= 15 is 0 Å². The van der Waals surface area contributed by atoms with Gasteiger partial charge in [-0.15, -0.1) is 10.5 Å². The minimum absolute atomic E-state index is 0.473. The minimum Gasteiger partial charge on any atom is -0.388 e. The van der Waals surface area contributed by atoms with E-state index in [1.54, 1.807) is 36.8 Å². The fourth-order valence-electron chi connectivity index (χ4n) is 3.52. The Morgan fingerprint density at radius 2 is 1.26 bits per heavy atom. The highest BCUT2D eigenvalue weighted by Gasteiger charge is 2.43. The highest BCUT2D eigenvalue weighted by Crippen LogP contribution is 2.47. The van der Waals surface area contributed by atoms with Gasteiger partial charge in [0.1, 0.15) is 17.1 Å². The summed E-state index contributed by atoms with van der Waals surface area (Å²) in [5, 5.41) is 17.4. The molecule has 0 atom stereocenters. The molecule has 27 heavy (non-hydrogen) atoms. The van der Waals surface area contributed by atoms with E-state index in [1.807, 2.05) is 36.4 Å². The van der Waals surface area contributed by atoms with Crippen LogP contribution in [0.4, 0.5) is 0 Å². The van der Waals surface area contributed by atoms with E-state index in [0.717, 1.165) is 22.3 Å². The summed E-state index contributed by atoms with van der Waals surface area (Å²) >= 11 is 0. The summed E-state index contributed by atoms with van der Waals surface area (Å²) in [4.78, 5) is 0. The molecule has 5 heteroatoms. The SMILES string of the molecule is N#COc1ccc(C2(c3ccc(OC#N)cc3)OCc3ccccc32)cc1. The summed E-state index contributed by atoms with van der Waals surface area (Å²) in [7, 11) is 0. The van der Waals surface area contributed by atoms with Crippen LogP contribution in [0.1, 0.15) is 22.3 Å². The first-order valence-corrected chi connectivity index (χ1v) is 8.33. The second kappa shape index (κ2) is 6.84. The molecule has 4 rings (SSSR count). The van der Waals surface area contributed by atoms with E-state index < -0.39 is 5.60 Å². The molecule has 5 nitrogen and oxygen atoms in total. The van der Waals surface area contributed by atoms with Gasteiger partial charge in [0.25, 0.3) is 12.5 Å². The fraction of sp³-hybridized carbons (Fsp3) is 0.0909. The highest BCUT2D eigenvalue weighted by atomic mass is 16.5. The third-order valence-electron chi connectivity index (χ3n) is 4.69. The molecule has 1 aliphatic rings. The number of hydrogen-bond acceptors (Lipinski definition) is 5. The minimum atomic E-state index is -0.785. The predicted octanol–water partition coefficient (Wildman–Crippen LogP) is 4.23. The van der Waals surface area contributed by atoms with Gasteiger partial charge in [-0.25, -0.2) is 0 Å². The molecule has 0 spiro atoms. The van der Waals surface area contributed by atoms with Gasteiger partial charge >= 0.3 is 0 Å². The maximum atomic E-state index is 8.70. The maximum absolute atomic E-state index is 8.70. The Hall–Kier alpha value is -3.80. The molecule has 0 saturated heterocycles. The Kier molecular flexibility index (Phi) is 4.22. The molecule has 3 aromatic rings. The summed E-state index contributed by atoms with van der Waals surface area (Å²) in [6.45, 7) is 0.489. The molecule has 0 N–H and O–H groups in total. The van der Waals surface area contributed by atoms with E-state index in [1.165, 1.54) is 0 Å². The van der Waals surface area contributed by atoms with Crippen molar-refractivity contribution in [3.8, 4) is 24.0 Å². The van der Waals surface area contributed by atoms with Gasteiger partial charge in [0.2, 0.25) is 0 Å². The number of benzene rings is 3. The molecular weight excluding hydrogens is 340 g/mol. The van der Waals surface area contributed by atoms with E-state index in [9.17, 15) is 0 Å². The molecule has 3 aromatic carbocycles. The number of ether oxygens (including phenoxy) is 3. The summed E-state index contributed by atoms with van der Waals surface area (Å²) < 4.78 is 16.2. The Bertz CT molecular complexity index is 985. The second-order valence-electron chi connectivity index (χ2n) is 6.06. The Labute approximate surface area is 156 Å². The van der Waals surface area contributed by atoms with Crippen molar-refractivity contribution < 1.29 is 14.2 Å². The molecule has 1 aliphatic heterocycles. The average molecular weight is 354 g/mol. The van der Waals surface area contributed by atoms with E-state index in [2.05, 4.69) is 12.1 Å². The van der Waals surface area contributed by atoms with E-state index in [-0.39, 0.29) is 0 Å². The van der Waals surface area contributed by atoms with Crippen LogP contribution in [0.3, 0.4) is 0 Å². The van der Waals surface area contributed by atoms with Crippen LogP contribution in [0.15, 0.2) is 72.8 Å². The van der Waals surface area contributed by atoms with Crippen molar-refractivity contribution in [1.82, 2.24) is 0 Å². The maximum Gasteiger partial charge on any atom is 0.292 e. The summed E-state index contributed by atoms with van der Waals surface area (Å²) in [6.07, 6.45) is 3.35. The predicted molar refractivity (Wildman–Crippen MR) is 96.5 cm³/mol. The number of nitriles is 2. The fourth-order valence-corrected chi connectivity index (χ4v) is 3.52.